The molecule has 0 unspecified atom stereocenters. The van der Waals surface area contributed by atoms with Crippen LogP contribution < -0.4 is 4.90 Å². The van der Waals surface area contributed by atoms with Crippen molar-refractivity contribution in [3.05, 3.63) is 65.0 Å². The summed E-state index contributed by atoms with van der Waals surface area (Å²) in [6, 6.07) is 13.5. The average molecular weight is 424 g/mol. The quantitative estimate of drug-likeness (QED) is 0.745. The Morgan fingerprint density at radius 3 is 2.83 bits per heavy atom. The van der Waals surface area contributed by atoms with Crippen molar-refractivity contribution in [2.45, 2.75) is 31.7 Å². The maximum atomic E-state index is 14.2. The molecule has 7 heteroatoms. The number of rotatable bonds is 4. The van der Waals surface area contributed by atoms with E-state index >= 15 is 0 Å². The van der Waals surface area contributed by atoms with Crippen LogP contribution in [-0.2, 0) is 21.0 Å². The Labute approximate surface area is 179 Å². The SMILES string of the molecule is CC(C)CC(=O)N1CCS[C@@]12C(=O)N(Cc1cccc(C#N)c1)c1ccc(F)cc12. The monoisotopic (exact) mass is 423 g/mol. The molecular weight excluding hydrogens is 401 g/mol. The van der Waals surface area contributed by atoms with Crippen LogP contribution in [0, 0.1) is 23.1 Å². The van der Waals surface area contributed by atoms with Crippen molar-refractivity contribution in [1.29, 1.82) is 5.26 Å². The van der Waals surface area contributed by atoms with E-state index in [0.717, 1.165) is 5.56 Å². The fourth-order valence-electron chi connectivity index (χ4n) is 4.18. The molecule has 0 aromatic heterocycles. The van der Waals surface area contributed by atoms with Gasteiger partial charge in [-0.25, -0.2) is 4.39 Å². The molecule has 2 aliphatic heterocycles. The Hall–Kier alpha value is -2.85. The Morgan fingerprint density at radius 2 is 2.10 bits per heavy atom. The zero-order valence-electron chi connectivity index (χ0n) is 16.9. The van der Waals surface area contributed by atoms with Crippen molar-refractivity contribution in [3.63, 3.8) is 0 Å². The van der Waals surface area contributed by atoms with E-state index in [-0.39, 0.29) is 24.3 Å². The van der Waals surface area contributed by atoms with Crippen molar-refractivity contribution >= 4 is 29.3 Å². The highest BCUT2D eigenvalue weighted by molar-refractivity contribution is 8.01. The van der Waals surface area contributed by atoms with Gasteiger partial charge >= 0.3 is 0 Å². The van der Waals surface area contributed by atoms with Gasteiger partial charge in [0.15, 0.2) is 4.87 Å². The molecule has 2 aromatic carbocycles. The highest BCUT2D eigenvalue weighted by Crippen LogP contribution is 2.54. The fraction of sp³-hybridized carbons (Fsp3) is 0.348. The molecule has 1 spiro atoms. The molecule has 0 bridgehead atoms. The molecule has 154 valence electrons. The average Bonchev–Trinajstić information content (AvgIpc) is 3.25. The van der Waals surface area contributed by atoms with Crippen LogP contribution in [0.4, 0.5) is 10.1 Å². The van der Waals surface area contributed by atoms with E-state index in [1.807, 2.05) is 19.9 Å². The summed E-state index contributed by atoms with van der Waals surface area (Å²) < 4.78 is 14.2. The van der Waals surface area contributed by atoms with Gasteiger partial charge in [-0.2, -0.15) is 5.26 Å². The number of benzene rings is 2. The normalized spacial score (nSPS) is 20.2. The number of fused-ring (bicyclic) bond motifs is 2. The van der Waals surface area contributed by atoms with E-state index in [9.17, 15) is 19.2 Å². The number of nitriles is 1. The largest absolute Gasteiger partial charge is 0.315 e. The zero-order valence-corrected chi connectivity index (χ0v) is 17.7. The molecule has 1 saturated heterocycles. The van der Waals surface area contributed by atoms with Crippen LogP contribution in [0.5, 0.6) is 0 Å². The van der Waals surface area contributed by atoms with Gasteiger partial charge in [-0.1, -0.05) is 26.0 Å². The van der Waals surface area contributed by atoms with Crippen molar-refractivity contribution in [1.82, 2.24) is 4.90 Å². The van der Waals surface area contributed by atoms with Crippen molar-refractivity contribution in [3.8, 4) is 6.07 Å². The molecule has 4 rings (SSSR count). The Morgan fingerprint density at radius 1 is 1.30 bits per heavy atom. The van der Waals surface area contributed by atoms with Crippen molar-refractivity contribution < 1.29 is 14.0 Å². The minimum absolute atomic E-state index is 0.0908. The third-order valence-electron chi connectivity index (χ3n) is 5.44. The lowest BCUT2D eigenvalue weighted by molar-refractivity contribution is -0.140. The van der Waals surface area contributed by atoms with Crippen LogP contribution in [0.25, 0.3) is 0 Å². The minimum atomic E-state index is -1.23. The second-order valence-electron chi connectivity index (χ2n) is 8.00. The highest BCUT2D eigenvalue weighted by atomic mass is 32.2. The molecule has 2 heterocycles. The summed E-state index contributed by atoms with van der Waals surface area (Å²) in [5.41, 5.74) is 2.46. The third kappa shape index (κ3) is 3.25. The van der Waals surface area contributed by atoms with E-state index in [0.29, 0.717) is 35.5 Å². The number of nitrogens with zero attached hydrogens (tertiary/aromatic N) is 3. The van der Waals surface area contributed by atoms with Crippen LogP contribution in [0.2, 0.25) is 0 Å². The smallest absolute Gasteiger partial charge is 0.268 e. The van der Waals surface area contributed by atoms with E-state index in [1.54, 1.807) is 34.1 Å². The summed E-state index contributed by atoms with van der Waals surface area (Å²) in [6.45, 7) is 4.63. The van der Waals surface area contributed by atoms with Gasteiger partial charge in [0.05, 0.1) is 23.9 Å². The van der Waals surface area contributed by atoms with E-state index in [4.69, 9.17) is 0 Å². The lowest BCUT2D eigenvalue weighted by Crippen LogP contribution is -2.50. The van der Waals surface area contributed by atoms with E-state index in [2.05, 4.69) is 6.07 Å². The number of thioether (sulfide) groups is 1. The van der Waals surface area contributed by atoms with Gasteiger partial charge in [0.1, 0.15) is 5.82 Å². The summed E-state index contributed by atoms with van der Waals surface area (Å²) in [5, 5.41) is 9.18. The van der Waals surface area contributed by atoms with Gasteiger partial charge in [0, 0.05) is 24.3 Å². The highest BCUT2D eigenvalue weighted by Gasteiger charge is 2.59. The maximum absolute atomic E-state index is 14.2. The van der Waals surface area contributed by atoms with Crippen LogP contribution in [0.1, 0.15) is 37.0 Å². The molecule has 5 nitrogen and oxygen atoms in total. The second-order valence-corrected chi connectivity index (χ2v) is 9.29. The predicted octanol–water partition coefficient (Wildman–Crippen LogP) is 4.02. The van der Waals surface area contributed by atoms with Gasteiger partial charge in [-0.3, -0.25) is 9.59 Å². The topological polar surface area (TPSA) is 64.4 Å². The molecular formula is C23H22FN3O2S. The molecule has 30 heavy (non-hydrogen) atoms. The first-order valence-corrected chi connectivity index (χ1v) is 10.9. The summed E-state index contributed by atoms with van der Waals surface area (Å²) in [7, 11) is 0. The second kappa shape index (κ2) is 7.77. The molecule has 1 fully saturated rings. The number of amides is 2. The van der Waals surface area contributed by atoms with E-state index < -0.39 is 10.7 Å². The molecule has 2 aromatic rings. The number of hydrogen-bond acceptors (Lipinski definition) is 4. The Bertz CT molecular complexity index is 1060. The number of anilines is 1. The predicted molar refractivity (Wildman–Crippen MR) is 114 cm³/mol. The lowest BCUT2D eigenvalue weighted by Gasteiger charge is -2.33. The first-order chi connectivity index (χ1) is 14.4. The minimum Gasteiger partial charge on any atom is -0.315 e. The Balaban J connectivity index is 1.78. The Kier molecular flexibility index (Phi) is 5.29. The molecule has 0 aliphatic carbocycles. The van der Waals surface area contributed by atoms with Crippen LogP contribution in [0.15, 0.2) is 42.5 Å². The van der Waals surface area contributed by atoms with Crippen LogP contribution in [-0.4, -0.2) is 29.0 Å². The van der Waals surface area contributed by atoms with Crippen molar-refractivity contribution in [2.24, 2.45) is 5.92 Å². The first-order valence-electron chi connectivity index (χ1n) is 9.92. The molecule has 0 saturated carbocycles. The van der Waals surface area contributed by atoms with E-state index in [1.165, 1.54) is 23.9 Å². The van der Waals surface area contributed by atoms with Gasteiger partial charge in [0.25, 0.3) is 5.91 Å². The molecule has 2 aliphatic rings. The number of halogens is 1. The standard InChI is InChI=1S/C23H22FN3O2S/c1-15(2)10-21(28)27-8-9-30-23(27)19-12-18(24)6-7-20(19)26(22(23)29)14-17-5-3-4-16(11-17)13-25/h3-7,11-12,15H,8-10,14H2,1-2H3/t23-/m0/s1. The summed E-state index contributed by atoms with van der Waals surface area (Å²) in [4.78, 5) is 28.8. The van der Waals surface area contributed by atoms with Crippen LogP contribution >= 0.6 is 11.8 Å². The van der Waals surface area contributed by atoms with Gasteiger partial charge in [-0.15, -0.1) is 11.8 Å². The van der Waals surface area contributed by atoms with Crippen molar-refractivity contribution in [2.75, 3.05) is 17.2 Å². The van der Waals surface area contributed by atoms with Gasteiger partial charge in [0.2, 0.25) is 5.91 Å². The van der Waals surface area contributed by atoms with Crippen LogP contribution in [0.3, 0.4) is 0 Å². The molecule has 0 radical (unpaired) electrons. The molecule has 2 amide bonds. The number of hydrogen-bond donors (Lipinski definition) is 0. The zero-order chi connectivity index (χ0) is 21.5. The maximum Gasteiger partial charge on any atom is 0.268 e. The first kappa shape index (κ1) is 20.4. The van der Waals surface area contributed by atoms with Gasteiger partial charge < -0.3 is 9.80 Å². The third-order valence-corrected chi connectivity index (χ3v) is 6.86. The molecule has 1 atom stereocenters. The lowest BCUT2D eigenvalue weighted by atomic mass is 10.0. The summed E-state index contributed by atoms with van der Waals surface area (Å²) >= 11 is 1.39. The summed E-state index contributed by atoms with van der Waals surface area (Å²) in [6.07, 6.45) is 0.338. The number of carbonyl (C=O) groups excluding carboxylic acids is 2. The summed E-state index contributed by atoms with van der Waals surface area (Å²) in [5.74, 6) is 0.0203. The number of carbonyl (C=O) groups is 2. The fourth-order valence-corrected chi connectivity index (χ4v) is 5.65. The van der Waals surface area contributed by atoms with Gasteiger partial charge in [-0.05, 0) is 41.8 Å². The molecule has 0 N–H and O–H groups in total.